The molecule has 0 saturated carbocycles. The van der Waals surface area contributed by atoms with E-state index >= 15 is 0 Å². The summed E-state index contributed by atoms with van der Waals surface area (Å²) in [5, 5.41) is 7.40. The second-order valence-corrected chi connectivity index (χ2v) is 5.90. The Hall–Kier alpha value is -3.10. The first kappa shape index (κ1) is 19.2. The molecule has 1 saturated heterocycles. The molecule has 26 heavy (non-hydrogen) atoms. The van der Waals surface area contributed by atoms with E-state index in [9.17, 15) is 14.4 Å². The molecular formula is C17H23N5O4. The lowest BCUT2D eigenvalue weighted by Gasteiger charge is -2.24. The van der Waals surface area contributed by atoms with Crippen molar-refractivity contribution in [3.8, 4) is 0 Å². The van der Waals surface area contributed by atoms with Crippen molar-refractivity contribution in [2.75, 3.05) is 44.7 Å². The zero-order chi connectivity index (χ0) is 19.3. The number of carbonyl (C=O) groups is 3. The maximum atomic E-state index is 12.6. The first-order chi connectivity index (χ1) is 12.3. The molecule has 9 heteroatoms. The van der Waals surface area contributed by atoms with E-state index in [0.717, 1.165) is 5.69 Å². The van der Waals surface area contributed by atoms with Gasteiger partial charge in [0.25, 0.3) is 0 Å². The van der Waals surface area contributed by atoms with Crippen molar-refractivity contribution in [2.24, 2.45) is 5.73 Å². The smallest absolute Gasteiger partial charge is 0.325 e. The standard InChI is InChI=1S/C17H23N5O4/c1-12(23)21(11-15(24)26-2)8-7-20-9-10-22(17(20)25)14-5-3-13(4-6-14)16(18)19/h3-6H,7-11H2,1-2H3,(H3,18,19). The molecule has 1 heterocycles. The third-order valence-electron chi connectivity index (χ3n) is 4.22. The number of esters is 1. The molecule has 1 aliphatic rings. The Morgan fingerprint density at radius 1 is 1.27 bits per heavy atom. The summed E-state index contributed by atoms with van der Waals surface area (Å²) in [5.41, 5.74) is 6.75. The third-order valence-corrected chi connectivity index (χ3v) is 4.22. The summed E-state index contributed by atoms with van der Waals surface area (Å²) in [4.78, 5) is 40.2. The maximum absolute atomic E-state index is 12.6. The quantitative estimate of drug-likeness (QED) is 0.409. The number of amides is 3. The zero-order valence-corrected chi connectivity index (χ0v) is 14.9. The molecule has 0 atom stereocenters. The number of nitrogens with zero attached hydrogens (tertiary/aromatic N) is 3. The summed E-state index contributed by atoms with van der Waals surface area (Å²) >= 11 is 0. The third kappa shape index (κ3) is 4.50. The van der Waals surface area contributed by atoms with Gasteiger partial charge in [-0.15, -0.1) is 0 Å². The molecule has 2 rings (SSSR count). The molecule has 0 aliphatic carbocycles. The molecule has 1 aliphatic heterocycles. The highest BCUT2D eigenvalue weighted by atomic mass is 16.5. The minimum atomic E-state index is -0.500. The van der Waals surface area contributed by atoms with Crippen LogP contribution in [0.15, 0.2) is 24.3 Å². The fraction of sp³-hybridized carbons (Fsp3) is 0.412. The molecule has 3 N–H and O–H groups in total. The van der Waals surface area contributed by atoms with E-state index in [4.69, 9.17) is 11.1 Å². The van der Waals surface area contributed by atoms with Crippen molar-refractivity contribution in [3.63, 3.8) is 0 Å². The topological polar surface area (TPSA) is 120 Å². The Morgan fingerprint density at radius 3 is 2.46 bits per heavy atom. The highest BCUT2D eigenvalue weighted by molar-refractivity contribution is 5.97. The van der Waals surface area contributed by atoms with Crippen molar-refractivity contribution >= 4 is 29.4 Å². The van der Waals surface area contributed by atoms with Crippen LogP contribution < -0.4 is 10.6 Å². The van der Waals surface area contributed by atoms with Crippen molar-refractivity contribution in [1.29, 1.82) is 5.41 Å². The fourth-order valence-electron chi connectivity index (χ4n) is 2.66. The van der Waals surface area contributed by atoms with Gasteiger partial charge in [0, 0.05) is 44.4 Å². The van der Waals surface area contributed by atoms with Gasteiger partial charge in [0.2, 0.25) is 5.91 Å². The monoisotopic (exact) mass is 361 g/mol. The summed E-state index contributed by atoms with van der Waals surface area (Å²) in [6.07, 6.45) is 0. The molecule has 0 spiro atoms. The van der Waals surface area contributed by atoms with Crippen LogP contribution in [0.2, 0.25) is 0 Å². The van der Waals surface area contributed by atoms with E-state index in [-0.39, 0.29) is 30.9 Å². The Bertz CT molecular complexity index is 704. The fourth-order valence-corrected chi connectivity index (χ4v) is 2.66. The van der Waals surface area contributed by atoms with Crippen LogP contribution in [0, 0.1) is 5.41 Å². The lowest BCUT2D eigenvalue weighted by atomic mass is 10.2. The largest absolute Gasteiger partial charge is 0.468 e. The molecule has 0 aromatic heterocycles. The molecule has 0 radical (unpaired) electrons. The highest BCUT2D eigenvalue weighted by Crippen LogP contribution is 2.20. The van der Waals surface area contributed by atoms with Gasteiger partial charge < -0.3 is 20.3 Å². The van der Waals surface area contributed by atoms with Gasteiger partial charge in [0.05, 0.1) is 7.11 Å². The number of ether oxygens (including phenoxy) is 1. The molecule has 140 valence electrons. The van der Waals surface area contributed by atoms with E-state index in [1.807, 2.05) is 0 Å². The average molecular weight is 361 g/mol. The van der Waals surface area contributed by atoms with Gasteiger partial charge in [0.15, 0.2) is 0 Å². The normalized spacial score (nSPS) is 13.7. The number of hydrogen-bond donors (Lipinski definition) is 2. The average Bonchev–Trinajstić information content (AvgIpc) is 2.98. The highest BCUT2D eigenvalue weighted by Gasteiger charge is 2.30. The first-order valence-electron chi connectivity index (χ1n) is 8.16. The summed E-state index contributed by atoms with van der Waals surface area (Å²) in [7, 11) is 1.26. The van der Waals surface area contributed by atoms with Crippen LogP contribution in [-0.4, -0.2) is 73.4 Å². The first-order valence-corrected chi connectivity index (χ1v) is 8.16. The van der Waals surface area contributed by atoms with Gasteiger partial charge in [-0.2, -0.15) is 0 Å². The summed E-state index contributed by atoms with van der Waals surface area (Å²) in [6.45, 7) is 2.87. The molecule has 0 bridgehead atoms. The van der Waals surface area contributed by atoms with Crippen LogP contribution in [0.4, 0.5) is 10.5 Å². The van der Waals surface area contributed by atoms with Gasteiger partial charge >= 0.3 is 12.0 Å². The van der Waals surface area contributed by atoms with E-state index in [1.54, 1.807) is 34.1 Å². The van der Waals surface area contributed by atoms with Gasteiger partial charge in [-0.05, 0) is 24.3 Å². The Morgan fingerprint density at radius 2 is 1.92 bits per heavy atom. The maximum Gasteiger partial charge on any atom is 0.325 e. The second-order valence-electron chi connectivity index (χ2n) is 5.90. The SMILES string of the molecule is COC(=O)CN(CCN1CCN(c2ccc(C(=N)N)cc2)C1=O)C(C)=O. The number of amidine groups is 1. The lowest BCUT2D eigenvalue weighted by molar-refractivity contribution is -0.146. The van der Waals surface area contributed by atoms with E-state index in [2.05, 4.69) is 4.74 Å². The number of nitrogens with two attached hydrogens (primary N) is 1. The van der Waals surface area contributed by atoms with Crippen LogP contribution in [0.1, 0.15) is 12.5 Å². The number of nitrogen functional groups attached to an aromatic ring is 1. The van der Waals surface area contributed by atoms with Crippen LogP contribution in [-0.2, 0) is 14.3 Å². The molecule has 9 nitrogen and oxygen atoms in total. The number of rotatable bonds is 7. The second kappa shape index (κ2) is 8.32. The van der Waals surface area contributed by atoms with Crippen LogP contribution in [0.3, 0.4) is 0 Å². The summed E-state index contributed by atoms with van der Waals surface area (Å²) < 4.78 is 4.58. The summed E-state index contributed by atoms with van der Waals surface area (Å²) in [6, 6.07) is 6.72. The van der Waals surface area contributed by atoms with Crippen LogP contribution >= 0.6 is 0 Å². The minimum Gasteiger partial charge on any atom is -0.468 e. The van der Waals surface area contributed by atoms with Gasteiger partial charge in [0.1, 0.15) is 12.4 Å². The summed E-state index contributed by atoms with van der Waals surface area (Å²) in [5.74, 6) is -0.778. The minimum absolute atomic E-state index is 0.0270. The predicted octanol–water partition coefficient (Wildman–Crippen LogP) is 0.234. The van der Waals surface area contributed by atoms with E-state index in [0.29, 0.717) is 25.2 Å². The van der Waals surface area contributed by atoms with E-state index < -0.39 is 5.97 Å². The lowest BCUT2D eigenvalue weighted by Crippen LogP contribution is -2.42. The number of benzene rings is 1. The van der Waals surface area contributed by atoms with Crippen molar-refractivity contribution in [3.05, 3.63) is 29.8 Å². The number of carbonyl (C=O) groups excluding carboxylic acids is 3. The Kier molecular flexibility index (Phi) is 6.16. The van der Waals surface area contributed by atoms with Gasteiger partial charge in [-0.1, -0.05) is 0 Å². The number of anilines is 1. The molecule has 0 unspecified atom stereocenters. The van der Waals surface area contributed by atoms with Crippen molar-refractivity contribution in [1.82, 2.24) is 9.80 Å². The molecular weight excluding hydrogens is 338 g/mol. The van der Waals surface area contributed by atoms with E-state index in [1.165, 1.54) is 18.9 Å². The number of urea groups is 1. The van der Waals surface area contributed by atoms with Crippen molar-refractivity contribution in [2.45, 2.75) is 6.92 Å². The molecule has 1 aromatic carbocycles. The number of hydrogen-bond acceptors (Lipinski definition) is 5. The van der Waals surface area contributed by atoms with Gasteiger partial charge in [-0.3, -0.25) is 19.9 Å². The van der Waals surface area contributed by atoms with Crippen LogP contribution in [0.5, 0.6) is 0 Å². The van der Waals surface area contributed by atoms with Crippen molar-refractivity contribution < 1.29 is 19.1 Å². The Balaban J connectivity index is 1.96. The zero-order valence-electron chi connectivity index (χ0n) is 14.9. The van der Waals surface area contributed by atoms with Crippen LogP contribution in [0.25, 0.3) is 0 Å². The Labute approximate surface area is 151 Å². The molecule has 3 amide bonds. The van der Waals surface area contributed by atoms with Gasteiger partial charge in [-0.25, -0.2) is 4.79 Å². The molecule has 1 aromatic rings. The number of methoxy groups -OCH3 is 1. The number of nitrogens with one attached hydrogen (secondary N) is 1. The predicted molar refractivity (Wildman–Crippen MR) is 96.0 cm³/mol. The molecule has 1 fully saturated rings.